The molecule has 2 aliphatic carbocycles. The van der Waals surface area contributed by atoms with Gasteiger partial charge in [-0.3, -0.25) is 0 Å². The van der Waals surface area contributed by atoms with Gasteiger partial charge in [0.25, 0.3) is 6.71 Å². The Morgan fingerprint density at radius 1 is 0.545 bits per heavy atom. The van der Waals surface area contributed by atoms with Gasteiger partial charge in [0, 0.05) is 34.1 Å². The standard InChI is InChI=1S/C41H39BN2/c1-26-20-37-39-38(21-26)44(30-14-10-7-11-15-30)36-25-32-28(17-19-41(32,4)5)23-34(36)42(39)33-22-27-16-18-40(2,3)31(27)24-35(33)43(37)29-12-8-6-9-13-29/h6-15,20-25H,16-19H2,1-5H3. The Morgan fingerprint density at radius 2 is 0.977 bits per heavy atom. The summed E-state index contributed by atoms with van der Waals surface area (Å²) in [4.78, 5) is 5.13. The van der Waals surface area contributed by atoms with E-state index in [1.165, 1.54) is 91.2 Å². The molecular weight excluding hydrogens is 531 g/mol. The molecule has 0 N–H and O–H groups in total. The first kappa shape index (κ1) is 26.2. The molecule has 4 aliphatic rings. The van der Waals surface area contributed by atoms with Crippen LogP contribution in [0.25, 0.3) is 0 Å². The second kappa shape index (κ2) is 8.91. The number of aryl methyl sites for hydroxylation is 3. The van der Waals surface area contributed by atoms with Gasteiger partial charge in [-0.2, -0.15) is 0 Å². The predicted molar refractivity (Wildman–Crippen MR) is 188 cm³/mol. The molecule has 0 unspecified atom stereocenters. The van der Waals surface area contributed by atoms with Gasteiger partial charge in [-0.25, -0.2) is 0 Å². The molecule has 0 bridgehead atoms. The summed E-state index contributed by atoms with van der Waals surface area (Å²) in [5.74, 6) is 0. The number of nitrogens with zero attached hydrogens (tertiary/aromatic N) is 2. The maximum Gasteiger partial charge on any atom is 0.252 e. The third-order valence-corrected chi connectivity index (χ3v) is 11.2. The molecule has 216 valence electrons. The first-order valence-electron chi connectivity index (χ1n) is 16.4. The van der Waals surface area contributed by atoms with Crippen molar-refractivity contribution in [1.82, 2.24) is 0 Å². The van der Waals surface area contributed by atoms with Crippen molar-refractivity contribution in [3.05, 3.63) is 125 Å². The number of para-hydroxylation sites is 2. The summed E-state index contributed by atoms with van der Waals surface area (Å²) in [6.45, 7) is 12.2. The van der Waals surface area contributed by atoms with Crippen LogP contribution in [-0.2, 0) is 23.7 Å². The number of hydrogen-bond acceptors (Lipinski definition) is 2. The minimum atomic E-state index is 0.186. The van der Waals surface area contributed by atoms with E-state index in [4.69, 9.17) is 0 Å². The Bertz CT molecular complexity index is 1850. The van der Waals surface area contributed by atoms with Crippen LogP contribution in [0.15, 0.2) is 97.1 Å². The lowest BCUT2D eigenvalue weighted by molar-refractivity contribution is 0.522. The van der Waals surface area contributed by atoms with E-state index >= 15 is 0 Å². The molecule has 2 nitrogen and oxygen atoms in total. The molecule has 0 aromatic heterocycles. The summed E-state index contributed by atoms with van der Waals surface area (Å²) < 4.78 is 0. The third-order valence-electron chi connectivity index (χ3n) is 11.2. The van der Waals surface area contributed by atoms with E-state index in [1.54, 1.807) is 0 Å². The maximum atomic E-state index is 2.60. The molecule has 0 spiro atoms. The fraction of sp³-hybridized carbons (Fsp3) is 0.268. The van der Waals surface area contributed by atoms with Gasteiger partial charge in [0.2, 0.25) is 0 Å². The summed E-state index contributed by atoms with van der Waals surface area (Å²) in [6.07, 6.45) is 4.73. The first-order chi connectivity index (χ1) is 21.2. The summed E-state index contributed by atoms with van der Waals surface area (Å²) in [5, 5.41) is 0. The molecular formula is C41H39BN2. The molecule has 3 heteroatoms. The van der Waals surface area contributed by atoms with E-state index < -0.39 is 0 Å². The van der Waals surface area contributed by atoms with Crippen molar-refractivity contribution >= 4 is 57.2 Å². The summed E-state index contributed by atoms with van der Waals surface area (Å²) in [6, 6.07) is 37.3. The minimum Gasteiger partial charge on any atom is -0.311 e. The van der Waals surface area contributed by atoms with Gasteiger partial charge in [-0.15, -0.1) is 0 Å². The van der Waals surface area contributed by atoms with Crippen LogP contribution in [0.1, 0.15) is 68.4 Å². The van der Waals surface area contributed by atoms with E-state index in [9.17, 15) is 0 Å². The van der Waals surface area contributed by atoms with Crippen LogP contribution < -0.4 is 26.2 Å². The average molecular weight is 571 g/mol. The fourth-order valence-corrected chi connectivity index (χ4v) is 8.87. The molecule has 0 amide bonds. The fourth-order valence-electron chi connectivity index (χ4n) is 8.87. The zero-order valence-electron chi connectivity index (χ0n) is 26.5. The van der Waals surface area contributed by atoms with E-state index in [2.05, 4.69) is 141 Å². The highest BCUT2D eigenvalue weighted by Crippen LogP contribution is 2.49. The topological polar surface area (TPSA) is 6.48 Å². The van der Waals surface area contributed by atoms with Crippen LogP contribution in [0.4, 0.5) is 34.1 Å². The molecule has 0 fully saturated rings. The number of benzene rings is 5. The molecule has 2 aliphatic heterocycles. The molecule has 2 heterocycles. The Morgan fingerprint density at radius 3 is 1.41 bits per heavy atom. The van der Waals surface area contributed by atoms with Gasteiger partial charge in [-0.05, 0) is 136 Å². The zero-order chi connectivity index (χ0) is 30.0. The molecule has 5 aromatic carbocycles. The lowest BCUT2D eigenvalue weighted by Crippen LogP contribution is -2.61. The van der Waals surface area contributed by atoms with Gasteiger partial charge in [0.1, 0.15) is 0 Å². The molecule has 0 atom stereocenters. The Balaban J connectivity index is 1.41. The van der Waals surface area contributed by atoms with E-state index in [0.29, 0.717) is 0 Å². The first-order valence-corrected chi connectivity index (χ1v) is 16.4. The van der Waals surface area contributed by atoms with Crippen LogP contribution in [0.5, 0.6) is 0 Å². The smallest absolute Gasteiger partial charge is 0.252 e. The second-order valence-corrected chi connectivity index (χ2v) is 14.9. The molecule has 0 saturated heterocycles. The minimum absolute atomic E-state index is 0.186. The Hall–Kier alpha value is -4.24. The number of anilines is 6. The highest BCUT2D eigenvalue weighted by atomic mass is 15.2. The van der Waals surface area contributed by atoms with Crippen molar-refractivity contribution < 1.29 is 0 Å². The monoisotopic (exact) mass is 570 g/mol. The molecule has 9 rings (SSSR count). The van der Waals surface area contributed by atoms with Crippen LogP contribution in [0, 0.1) is 6.92 Å². The van der Waals surface area contributed by atoms with Crippen LogP contribution in [-0.4, -0.2) is 6.71 Å². The molecule has 5 aromatic rings. The van der Waals surface area contributed by atoms with Gasteiger partial charge in [0.05, 0.1) is 0 Å². The van der Waals surface area contributed by atoms with Crippen molar-refractivity contribution in [2.45, 2.75) is 71.1 Å². The lowest BCUT2D eigenvalue weighted by Gasteiger charge is -2.45. The Kier molecular flexibility index (Phi) is 5.30. The summed E-state index contributed by atoms with van der Waals surface area (Å²) >= 11 is 0. The zero-order valence-corrected chi connectivity index (χ0v) is 26.5. The number of rotatable bonds is 2. The van der Waals surface area contributed by atoms with Crippen molar-refractivity contribution in [2.75, 3.05) is 9.80 Å². The van der Waals surface area contributed by atoms with Gasteiger partial charge < -0.3 is 9.80 Å². The normalized spacial score (nSPS) is 18.0. The Labute approximate surface area is 262 Å². The summed E-state index contributed by atoms with van der Waals surface area (Å²) in [7, 11) is 0. The second-order valence-electron chi connectivity index (χ2n) is 14.9. The van der Waals surface area contributed by atoms with Gasteiger partial charge in [-0.1, -0.05) is 76.2 Å². The van der Waals surface area contributed by atoms with E-state index in [1.807, 2.05) is 0 Å². The van der Waals surface area contributed by atoms with E-state index in [0.717, 1.165) is 12.8 Å². The van der Waals surface area contributed by atoms with Crippen LogP contribution in [0.3, 0.4) is 0 Å². The van der Waals surface area contributed by atoms with Crippen molar-refractivity contribution in [2.24, 2.45) is 0 Å². The van der Waals surface area contributed by atoms with Crippen molar-refractivity contribution in [3.8, 4) is 0 Å². The van der Waals surface area contributed by atoms with Crippen molar-refractivity contribution in [1.29, 1.82) is 0 Å². The average Bonchev–Trinajstić information content (AvgIpc) is 3.49. The third kappa shape index (κ3) is 3.56. The predicted octanol–water partition coefficient (Wildman–Crippen LogP) is 8.53. The molecule has 0 radical (unpaired) electrons. The van der Waals surface area contributed by atoms with Crippen LogP contribution in [0.2, 0.25) is 0 Å². The quantitative estimate of drug-likeness (QED) is 0.192. The van der Waals surface area contributed by atoms with Gasteiger partial charge in [0.15, 0.2) is 0 Å². The maximum absolute atomic E-state index is 2.60. The number of hydrogen-bond donors (Lipinski definition) is 0. The highest BCUT2D eigenvalue weighted by Gasteiger charge is 2.46. The SMILES string of the molecule is Cc1cc2c3c(c1)N(c1ccccc1)c1cc4c(cc1B3c1cc3c(cc1N2c1ccccc1)C(C)(C)CC3)CCC4(C)C. The largest absolute Gasteiger partial charge is 0.311 e. The van der Waals surface area contributed by atoms with E-state index in [-0.39, 0.29) is 17.5 Å². The lowest BCUT2D eigenvalue weighted by atomic mass is 9.33. The van der Waals surface area contributed by atoms with Crippen LogP contribution >= 0.6 is 0 Å². The van der Waals surface area contributed by atoms with Gasteiger partial charge >= 0.3 is 0 Å². The van der Waals surface area contributed by atoms with Crippen molar-refractivity contribution in [3.63, 3.8) is 0 Å². The highest BCUT2D eigenvalue weighted by molar-refractivity contribution is 7.00. The summed E-state index contributed by atoms with van der Waals surface area (Å²) in [5.41, 5.74) is 19.9. The number of fused-ring (bicyclic) bond motifs is 6. The molecule has 0 saturated carbocycles. The molecule has 44 heavy (non-hydrogen) atoms.